The number of halogens is 2. The number of nitrogens with one attached hydrogen (secondary N) is 1. The molecule has 1 aromatic carbocycles. The lowest BCUT2D eigenvalue weighted by Crippen LogP contribution is -2.26. The van der Waals surface area contributed by atoms with E-state index in [2.05, 4.69) is 15.3 Å². The smallest absolute Gasteiger partial charge is 0.263 e. The maximum Gasteiger partial charge on any atom is 0.263 e. The summed E-state index contributed by atoms with van der Waals surface area (Å²) in [7, 11) is 1.66. The van der Waals surface area contributed by atoms with Crippen LogP contribution in [-0.4, -0.2) is 25.7 Å². The van der Waals surface area contributed by atoms with Crippen molar-refractivity contribution in [2.45, 2.75) is 17.3 Å². The van der Waals surface area contributed by atoms with Crippen LogP contribution in [0.1, 0.15) is 6.92 Å². The normalized spacial score (nSPS) is 12.1. The maximum absolute atomic E-state index is 13.1. The van der Waals surface area contributed by atoms with Crippen molar-refractivity contribution in [1.29, 1.82) is 0 Å². The summed E-state index contributed by atoms with van der Waals surface area (Å²) in [6, 6.07) is 11.2. The number of fused-ring (bicyclic) bond motifs is 1. The van der Waals surface area contributed by atoms with E-state index in [0.29, 0.717) is 20.4 Å². The molecule has 10 heteroatoms. The second-order valence-electron chi connectivity index (χ2n) is 6.69. The van der Waals surface area contributed by atoms with Crippen LogP contribution in [-0.2, 0) is 11.8 Å². The van der Waals surface area contributed by atoms with Gasteiger partial charge in [0.2, 0.25) is 5.91 Å². The zero-order valence-corrected chi connectivity index (χ0v) is 19.6. The Morgan fingerprint density at radius 1 is 1.26 bits per heavy atom. The number of carbonyl (C=O) groups excluding carboxylic acids is 1. The Kier molecular flexibility index (Phi) is 6.34. The van der Waals surface area contributed by atoms with Gasteiger partial charge in [-0.25, -0.2) is 9.97 Å². The molecule has 0 aliphatic carbocycles. The number of benzene rings is 1. The predicted molar refractivity (Wildman–Crippen MR) is 129 cm³/mol. The summed E-state index contributed by atoms with van der Waals surface area (Å²) in [6.07, 6.45) is 1.40. The van der Waals surface area contributed by atoms with E-state index >= 15 is 0 Å². The molecule has 158 valence electrons. The van der Waals surface area contributed by atoms with Crippen LogP contribution in [0.4, 0.5) is 5.82 Å². The van der Waals surface area contributed by atoms with Crippen LogP contribution in [0, 0.1) is 0 Å². The van der Waals surface area contributed by atoms with E-state index in [1.807, 2.05) is 35.7 Å². The molecule has 3 aromatic heterocycles. The van der Waals surface area contributed by atoms with Gasteiger partial charge in [-0.15, -0.1) is 11.3 Å². The van der Waals surface area contributed by atoms with Gasteiger partial charge in [0.15, 0.2) is 11.0 Å². The lowest BCUT2D eigenvalue weighted by atomic mass is 10.1. The summed E-state index contributed by atoms with van der Waals surface area (Å²) in [5.41, 5.74) is 1.68. The lowest BCUT2D eigenvalue weighted by molar-refractivity contribution is -0.115. The van der Waals surface area contributed by atoms with Gasteiger partial charge in [-0.1, -0.05) is 65.3 Å². The Morgan fingerprint density at radius 3 is 2.71 bits per heavy atom. The number of hydrogen-bond donors (Lipinski definition) is 1. The molecule has 1 atom stereocenters. The molecule has 4 aromatic rings. The van der Waals surface area contributed by atoms with Crippen molar-refractivity contribution in [3.05, 3.63) is 68.4 Å². The van der Waals surface area contributed by atoms with E-state index in [1.165, 1.54) is 39.9 Å². The number of pyridine rings is 1. The van der Waals surface area contributed by atoms with Crippen LogP contribution >= 0.6 is 46.3 Å². The standard InChI is InChI=1S/C21H16Cl2N4O2S2/c1-11(18(28)25-17-15(23)8-13(22)9-24-17)31-21-26-19-16(20(29)27(21)2)14(10-30-19)12-6-4-3-5-7-12/h3-11H,1-2H3,(H,24,25,28). The highest BCUT2D eigenvalue weighted by atomic mass is 35.5. The molecule has 0 aliphatic heterocycles. The summed E-state index contributed by atoms with van der Waals surface area (Å²) in [4.78, 5) is 35.0. The highest BCUT2D eigenvalue weighted by Gasteiger charge is 2.21. The van der Waals surface area contributed by atoms with Gasteiger partial charge in [-0.05, 0) is 18.6 Å². The van der Waals surface area contributed by atoms with E-state index in [1.54, 1.807) is 14.0 Å². The predicted octanol–water partition coefficient (Wildman–Crippen LogP) is 5.48. The van der Waals surface area contributed by atoms with Crippen LogP contribution in [0.3, 0.4) is 0 Å². The van der Waals surface area contributed by atoms with Crippen molar-refractivity contribution in [3.8, 4) is 11.1 Å². The molecule has 0 saturated carbocycles. The van der Waals surface area contributed by atoms with Crippen LogP contribution in [0.5, 0.6) is 0 Å². The van der Waals surface area contributed by atoms with Gasteiger partial charge in [0.1, 0.15) is 4.83 Å². The van der Waals surface area contributed by atoms with Gasteiger partial charge in [0.25, 0.3) is 5.56 Å². The van der Waals surface area contributed by atoms with Crippen LogP contribution in [0.2, 0.25) is 10.0 Å². The van der Waals surface area contributed by atoms with Crippen molar-refractivity contribution in [1.82, 2.24) is 14.5 Å². The van der Waals surface area contributed by atoms with Crippen LogP contribution in [0.25, 0.3) is 21.3 Å². The lowest BCUT2D eigenvalue weighted by Gasteiger charge is -2.14. The molecular weight excluding hydrogens is 475 g/mol. The van der Waals surface area contributed by atoms with Gasteiger partial charge in [0, 0.05) is 24.2 Å². The van der Waals surface area contributed by atoms with Crippen LogP contribution < -0.4 is 10.9 Å². The molecular formula is C21H16Cl2N4O2S2. The van der Waals surface area contributed by atoms with Crippen molar-refractivity contribution in [2.24, 2.45) is 7.05 Å². The van der Waals surface area contributed by atoms with Crippen molar-refractivity contribution < 1.29 is 4.79 Å². The fourth-order valence-electron chi connectivity index (χ4n) is 2.93. The fourth-order valence-corrected chi connectivity index (χ4v) is 5.22. The van der Waals surface area contributed by atoms with E-state index in [9.17, 15) is 9.59 Å². The molecule has 0 spiro atoms. The second-order valence-corrected chi connectivity index (χ2v) is 9.70. The maximum atomic E-state index is 13.1. The Bertz CT molecular complexity index is 1340. The molecule has 3 heterocycles. The summed E-state index contributed by atoms with van der Waals surface area (Å²) in [5, 5.41) is 5.74. The number of thiophene rings is 1. The van der Waals surface area contributed by atoms with Gasteiger partial charge >= 0.3 is 0 Å². The molecule has 0 fully saturated rings. The van der Waals surface area contributed by atoms with Gasteiger partial charge in [-0.3, -0.25) is 14.2 Å². The van der Waals surface area contributed by atoms with Gasteiger partial charge in [0.05, 0.1) is 20.7 Å². The monoisotopic (exact) mass is 490 g/mol. The number of rotatable bonds is 5. The van der Waals surface area contributed by atoms with Gasteiger partial charge < -0.3 is 5.32 Å². The molecule has 0 aliphatic rings. The molecule has 6 nitrogen and oxygen atoms in total. The Hall–Kier alpha value is -2.39. The SMILES string of the molecule is CC(Sc1nc2scc(-c3ccccc3)c2c(=O)n1C)C(=O)Nc1ncc(Cl)cc1Cl. The average molecular weight is 491 g/mol. The highest BCUT2D eigenvalue weighted by molar-refractivity contribution is 8.00. The van der Waals surface area contributed by atoms with Crippen molar-refractivity contribution >= 4 is 68.2 Å². The number of carbonyl (C=O) groups is 1. The number of anilines is 1. The average Bonchev–Trinajstić information content (AvgIpc) is 3.18. The second kappa shape index (κ2) is 9.00. The fraction of sp³-hybridized carbons (Fsp3) is 0.143. The largest absolute Gasteiger partial charge is 0.308 e. The third-order valence-electron chi connectivity index (χ3n) is 4.56. The zero-order valence-electron chi connectivity index (χ0n) is 16.4. The molecule has 1 N–H and O–H groups in total. The molecule has 4 rings (SSSR count). The number of hydrogen-bond acceptors (Lipinski definition) is 6. The van der Waals surface area contributed by atoms with Crippen molar-refractivity contribution in [2.75, 3.05) is 5.32 Å². The number of amides is 1. The summed E-state index contributed by atoms with van der Waals surface area (Å²) in [6.45, 7) is 1.73. The first-order valence-corrected chi connectivity index (χ1v) is 11.7. The first kappa shape index (κ1) is 21.8. The summed E-state index contributed by atoms with van der Waals surface area (Å²) >= 11 is 14.5. The minimum absolute atomic E-state index is 0.150. The van der Waals surface area contributed by atoms with Gasteiger partial charge in [-0.2, -0.15) is 0 Å². The first-order valence-electron chi connectivity index (χ1n) is 9.17. The third kappa shape index (κ3) is 4.48. The minimum Gasteiger partial charge on any atom is -0.308 e. The highest BCUT2D eigenvalue weighted by Crippen LogP contribution is 2.32. The number of aromatic nitrogens is 3. The number of thioether (sulfide) groups is 1. The third-order valence-corrected chi connectivity index (χ3v) is 7.07. The Balaban J connectivity index is 1.60. The van der Waals surface area contributed by atoms with E-state index in [-0.39, 0.29) is 22.3 Å². The van der Waals surface area contributed by atoms with Crippen LogP contribution in [0.15, 0.2) is 57.9 Å². The Morgan fingerprint density at radius 2 is 2.00 bits per heavy atom. The van der Waals surface area contributed by atoms with E-state index < -0.39 is 5.25 Å². The topological polar surface area (TPSA) is 76.9 Å². The van der Waals surface area contributed by atoms with E-state index in [4.69, 9.17) is 23.2 Å². The van der Waals surface area contributed by atoms with E-state index in [0.717, 1.165) is 11.1 Å². The quantitative estimate of drug-likeness (QED) is 0.295. The summed E-state index contributed by atoms with van der Waals surface area (Å²) < 4.78 is 1.48. The molecule has 0 saturated heterocycles. The molecule has 0 bridgehead atoms. The zero-order chi connectivity index (χ0) is 22.1. The molecule has 1 unspecified atom stereocenters. The molecule has 31 heavy (non-hydrogen) atoms. The minimum atomic E-state index is -0.544. The molecule has 1 amide bonds. The Labute approximate surface area is 196 Å². The molecule has 0 radical (unpaired) electrons. The first-order chi connectivity index (χ1) is 14.8. The number of nitrogens with zero attached hydrogens (tertiary/aromatic N) is 3. The van der Waals surface area contributed by atoms with Crippen molar-refractivity contribution in [3.63, 3.8) is 0 Å². The summed E-state index contributed by atoms with van der Waals surface area (Å²) in [5.74, 6) is -0.0844.